The molecule has 2 aromatic carbocycles. The van der Waals surface area contributed by atoms with E-state index in [0.29, 0.717) is 10.6 Å². The van der Waals surface area contributed by atoms with Gasteiger partial charge in [-0.1, -0.05) is 22.7 Å². The average Bonchev–Trinajstić information content (AvgIpc) is 3.05. The van der Waals surface area contributed by atoms with Crippen molar-refractivity contribution in [3.8, 4) is 17.0 Å². The molecule has 0 bridgehead atoms. The van der Waals surface area contributed by atoms with Crippen LogP contribution in [0.3, 0.4) is 0 Å². The highest BCUT2D eigenvalue weighted by atomic mass is 32.1. The Morgan fingerprint density at radius 1 is 1.09 bits per heavy atom. The summed E-state index contributed by atoms with van der Waals surface area (Å²) in [5.74, 6) is 0.536. The van der Waals surface area contributed by atoms with E-state index in [1.807, 2.05) is 54.6 Å². The van der Waals surface area contributed by atoms with Crippen molar-refractivity contribution in [2.75, 3.05) is 12.4 Å². The van der Waals surface area contributed by atoms with E-state index in [9.17, 15) is 4.79 Å². The van der Waals surface area contributed by atoms with E-state index in [1.54, 1.807) is 7.11 Å². The number of carbonyl (C=O) groups excluding carboxylic acids is 1. The zero-order chi connectivity index (χ0) is 15.4. The first-order valence-corrected chi connectivity index (χ1v) is 7.38. The van der Waals surface area contributed by atoms with Gasteiger partial charge in [0, 0.05) is 11.3 Å². The van der Waals surface area contributed by atoms with Crippen LogP contribution in [0.1, 0.15) is 9.67 Å². The third-order valence-corrected chi connectivity index (χ3v) is 3.81. The number of carbonyl (C=O) groups is 1. The van der Waals surface area contributed by atoms with Crippen LogP contribution in [-0.4, -0.2) is 22.6 Å². The highest BCUT2D eigenvalue weighted by molar-refractivity contribution is 7.08. The maximum absolute atomic E-state index is 12.4. The quantitative estimate of drug-likeness (QED) is 0.801. The largest absolute Gasteiger partial charge is 0.497 e. The van der Waals surface area contributed by atoms with Crippen LogP contribution in [0.4, 0.5) is 5.69 Å². The first-order chi connectivity index (χ1) is 10.8. The van der Waals surface area contributed by atoms with Gasteiger partial charge in [0.25, 0.3) is 5.91 Å². The summed E-state index contributed by atoms with van der Waals surface area (Å²) in [4.78, 5) is 12.9. The van der Waals surface area contributed by atoms with Gasteiger partial charge in [-0.3, -0.25) is 4.79 Å². The Kier molecular flexibility index (Phi) is 4.11. The summed E-state index contributed by atoms with van der Waals surface area (Å²) in [6.45, 7) is 0. The van der Waals surface area contributed by atoms with E-state index in [2.05, 4.69) is 14.9 Å². The molecule has 0 aliphatic heterocycles. The number of methoxy groups -OCH3 is 1. The first-order valence-electron chi connectivity index (χ1n) is 6.61. The van der Waals surface area contributed by atoms with Crippen molar-refractivity contribution in [2.24, 2.45) is 0 Å². The lowest BCUT2D eigenvalue weighted by atomic mass is 10.1. The van der Waals surface area contributed by atoms with E-state index in [0.717, 1.165) is 28.5 Å². The molecule has 0 atom stereocenters. The van der Waals surface area contributed by atoms with Crippen molar-refractivity contribution in [3.63, 3.8) is 0 Å². The first kappa shape index (κ1) is 14.2. The van der Waals surface area contributed by atoms with Crippen LogP contribution >= 0.6 is 11.5 Å². The highest BCUT2D eigenvalue weighted by Gasteiger charge is 2.18. The molecule has 0 saturated carbocycles. The molecule has 0 unspecified atom stereocenters. The minimum absolute atomic E-state index is 0.216. The van der Waals surface area contributed by atoms with Crippen LogP contribution in [0.15, 0.2) is 54.6 Å². The molecule has 0 aliphatic rings. The van der Waals surface area contributed by atoms with Crippen LogP contribution in [-0.2, 0) is 0 Å². The Hall–Kier alpha value is -2.73. The smallest absolute Gasteiger partial charge is 0.269 e. The number of hydrogen-bond donors (Lipinski definition) is 1. The Labute approximate surface area is 131 Å². The Bertz CT molecular complexity index is 770. The number of amides is 1. The number of aromatic nitrogens is 2. The van der Waals surface area contributed by atoms with Gasteiger partial charge in [0.05, 0.1) is 7.11 Å². The van der Waals surface area contributed by atoms with Gasteiger partial charge in [0.1, 0.15) is 16.3 Å². The van der Waals surface area contributed by atoms with Gasteiger partial charge in [-0.05, 0) is 47.9 Å². The van der Waals surface area contributed by atoms with Crippen molar-refractivity contribution in [1.29, 1.82) is 0 Å². The molecular formula is C16H13N3O2S. The fourth-order valence-electron chi connectivity index (χ4n) is 1.99. The maximum atomic E-state index is 12.4. The Morgan fingerprint density at radius 3 is 2.50 bits per heavy atom. The van der Waals surface area contributed by atoms with Gasteiger partial charge in [-0.2, -0.15) is 0 Å². The van der Waals surface area contributed by atoms with Crippen molar-refractivity contribution >= 4 is 23.1 Å². The third kappa shape index (κ3) is 2.96. The molecule has 22 heavy (non-hydrogen) atoms. The van der Waals surface area contributed by atoms with Crippen LogP contribution in [0.25, 0.3) is 11.3 Å². The minimum atomic E-state index is -0.216. The molecular weight excluding hydrogens is 298 g/mol. The van der Waals surface area contributed by atoms with E-state index >= 15 is 0 Å². The number of benzene rings is 2. The molecule has 0 radical (unpaired) electrons. The predicted molar refractivity (Wildman–Crippen MR) is 86.3 cm³/mol. The second-order valence-corrected chi connectivity index (χ2v) is 5.25. The molecule has 0 fully saturated rings. The Morgan fingerprint density at radius 2 is 1.82 bits per heavy atom. The number of hydrogen-bond acceptors (Lipinski definition) is 5. The topological polar surface area (TPSA) is 64.1 Å². The summed E-state index contributed by atoms with van der Waals surface area (Å²) in [5, 5.41) is 6.92. The molecule has 110 valence electrons. The molecule has 6 heteroatoms. The molecule has 3 aromatic rings. The van der Waals surface area contributed by atoms with Gasteiger partial charge >= 0.3 is 0 Å². The number of rotatable bonds is 4. The van der Waals surface area contributed by atoms with Crippen molar-refractivity contribution in [3.05, 3.63) is 59.5 Å². The van der Waals surface area contributed by atoms with Crippen molar-refractivity contribution < 1.29 is 9.53 Å². The average molecular weight is 311 g/mol. The fourth-order valence-corrected chi connectivity index (χ4v) is 2.57. The van der Waals surface area contributed by atoms with Crippen LogP contribution in [0.5, 0.6) is 5.75 Å². The normalized spacial score (nSPS) is 10.2. The fraction of sp³-hybridized carbons (Fsp3) is 0.0625. The standard InChI is InChI=1S/C16H13N3O2S/c1-21-13-9-7-11(8-10-13)14-15(22-19-18-14)16(20)17-12-5-3-2-4-6-12/h2-10H,1H3,(H,17,20). The van der Waals surface area contributed by atoms with Gasteiger partial charge in [-0.25, -0.2) is 0 Å². The predicted octanol–water partition coefficient (Wildman–Crippen LogP) is 3.47. The number of para-hydroxylation sites is 1. The van der Waals surface area contributed by atoms with E-state index in [4.69, 9.17) is 4.74 Å². The van der Waals surface area contributed by atoms with Crippen molar-refractivity contribution in [2.45, 2.75) is 0 Å². The van der Waals surface area contributed by atoms with Crippen molar-refractivity contribution in [1.82, 2.24) is 9.59 Å². The summed E-state index contributed by atoms with van der Waals surface area (Å²) in [6.07, 6.45) is 0. The van der Waals surface area contributed by atoms with E-state index < -0.39 is 0 Å². The van der Waals surface area contributed by atoms with Crippen LogP contribution in [0.2, 0.25) is 0 Å². The maximum Gasteiger partial charge on any atom is 0.269 e. The number of nitrogens with zero attached hydrogens (tertiary/aromatic N) is 2. The number of ether oxygens (including phenoxy) is 1. The summed E-state index contributed by atoms with van der Waals surface area (Å²) in [5.41, 5.74) is 2.13. The number of nitrogens with one attached hydrogen (secondary N) is 1. The highest BCUT2D eigenvalue weighted by Crippen LogP contribution is 2.26. The van der Waals surface area contributed by atoms with Gasteiger partial charge in [0.15, 0.2) is 0 Å². The molecule has 1 aromatic heterocycles. The molecule has 0 aliphatic carbocycles. The van der Waals surface area contributed by atoms with Crippen LogP contribution in [0, 0.1) is 0 Å². The van der Waals surface area contributed by atoms with Gasteiger partial charge in [-0.15, -0.1) is 5.10 Å². The summed E-state index contributed by atoms with van der Waals surface area (Å²) in [7, 11) is 1.61. The molecule has 1 heterocycles. The van der Waals surface area contributed by atoms with E-state index in [1.165, 1.54) is 0 Å². The minimum Gasteiger partial charge on any atom is -0.497 e. The van der Waals surface area contributed by atoms with Gasteiger partial charge in [0.2, 0.25) is 0 Å². The second kappa shape index (κ2) is 6.36. The molecule has 3 rings (SSSR count). The monoisotopic (exact) mass is 311 g/mol. The lowest BCUT2D eigenvalue weighted by Crippen LogP contribution is -2.11. The molecule has 5 nitrogen and oxygen atoms in total. The SMILES string of the molecule is COc1ccc(-c2nnsc2C(=O)Nc2ccccc2)cc1. The Balaban J connectivity index is 1.86. The molecule has 0 saturated heterocycles. The summed E-state index contributed by atoms with van der Waals surface area (Å²) in [6, 6.07) is 16.7. The second-order valence-electron chi connectivity index (χ2n) is 4.50. The van der Waals surface area contributed by atoms with Crippen LogP contribution < -0.4 is 10.1 Å². The zero-order valence-electron chi connectivity index (χ0n) is 11.8. The lowest BCUT2D eigenvalue weighted by Gasteiger charge is -2.05. The lowest BCUT2D eigenvalue weighted by molar-refractivity contribution is 0.103. The zero-order valence-corrected chi connectivity index (χ0v) is 12.6. The summed E-state index contributed by atoms with van der Waals surface area (Å²) >= 11 is 1.08. The molecule has 1 amide bonds. The van der Waals surface area contributed by atoms with E-state index in [-0.39, 0.29) is 5.91 Å². The number of anilines is 1. The molecule has 1 N–H and O–H groups in total. The third-order valence-electron chi connectivity index (χ3n) is 3.09. The molecule has 0 spiro atoms. The summed E-state index contributed by atoms with van der Waals surface area (Å²) < 4.78 is 9.03. The van der Waals surface area contributed by atoms with Gasteiger partial charge < -0.3 is 10.1 Å².